The SMILES string of the molecule is Cc1cc(C)cc(-c2cncc(N3CCN(c4cccc(C)c4)C(C)C3)n2)c1. The van der Waals surface area contributed by atoms with Gasteiger partial charge in [-0.05, 0) is 57.5 Å². The van der Waals surface area contributed by atoms with E-state index in [0.29, 0.717) is 6.04 Å². The zero-order valence-corrected chi connectivity index (χ0v) is 17.2. The second kappa shape index (κ2) is 7.63. The molecule has 1 aliphatic rings. The molecule has 2 aromatic carbocycles. The maximum atomic E-state index is 4.94. The number of benzene rings is 2. The molecule has 0 bridgehead atoms. The van der Waals surface area contributed by atoms with Gasteiger partial charge in [0.15, 0.2) is 0 Å². The van der Waals surface area contributed by atoms with E-state index in [4.69, 9.17) is 4.98 Å². The van der Waals surface area contributed by atoms with Crippen LogP contribution in [-0.2, 0) is 0 Å². The van der Waals surface area contributed by atoms with Crippen molar-refractivity contribution in [2.75, 3.05) is 29.4 Å². The Morgan fingerprint density at radius 2 is 1.68 bits per heavy atom. The molecule has 1 fully saturated rings. The fourth-order valence-electron chi connectivity index (χ4n) is 4.13. The van der Waals surface area contributed by atoms with Crippen molar-refractivity contribution in [2.24, 2.45) is 0 Å². The zero-order valence-electron chi connectivity index (χ0n) is 17.2. The average molecular weight is 373 g/mol. The smallest absolute Gasteiger partial charge is 0.147 e. The van der Waals surface area contributed by atoms with Crippen molar-refractivity contribution in [1.82, 2.24) is 9.97 Å². The van der Waals surface area contributed by atoms with Crippen molar-refractivity contribution < 1.29 is 0 Å². The molecule has 0 spiro atoms. The monoisotopic (exact) mass is 372 g/mol. The summed E-state index contributed by atoms with van der Waals surface area (Å²) in [5, 5.41) is 0. The predicted octanol–water partition coefficient (Wildman–Crippen LogP) is 4.78. The standard InChI is InChI=1S/C24H28N4/c1-17-6-5-7-22(13-17)28-9-8-27(16-20(28)4)24-15-25-14-23(26-24)21-11-18(2)10-19(3)12-21/h5-7,10-15,20H,8-9,16H2,1-4H3. The van der Waals surface area contributed by atoms with Gasteiger partial charge in [-0.1, -0.05) is 29.3 Å². The van der Waals surface area contributed by atoms with Gasteiger partial charge in [0.05, 0.1) is 18.1 Å². The molecule has 1 atom stereocenters. The topological polar surface area (TPSA) is 32.3 Å². The highest BCUT2D eigenvalue weighted by Gasteiger charge is 2.25. The number of anilines is 2. The van der Waals surface area contributed by atoms with E-state index in [2.05, 4.69) is 84.9 Å². The minimum Gasteiger partial charge on any atom is -0.365 e. The van der Waals surface area contributed by atoms with Crippen LogP contribution < -0.4 is 9.80 Å². The number of rotatable bonds is 3. The van der Waals surface area contributed by atoms with Gasteiger partial charge in [-0.3, -0.25) is 4.98 Å². The number of aromatic nitrogens is 2. The number of nitrogens with zero attached hydrogens (tertiary/aromatic N) is 4. The Bertz CT molecular complexity index is 962. The minimum atomic E-state index is 0.419. The summed E-state index contributed by atoms with van der Waals surface area (Å²) in [4.78, 5) is 14.3. The summed E-state index contributed by atoms with van der Waals surface area (Å²) in [5.74, 6) is 0.965. The molecule has 4 rings (SSSR count). The molecule has 1 aliphatic heterocycles. The van der Waals surface area contributed by atoms with Gasteiger partial charge in [0.2, 0.25) is 0 Å². The lowest BCUT2D eigenvalue weighted by molar-refractivity contribution is 0.547. The molecular formula is C24H28N4. The van der Waals surface area contributed by atoms with E-state index in [1.54, 1.807) is 0 Å². The second-order valence-corrected chi connectivity index (χ2v) is 7.97. The average Bonchev–Trinajstić information content (AvgIpc) is 2.67. The van der Waals surface area contributed by atoms with E-state index in [1.807, 2.05) is 12.4 Å². The maximum absolute atomic E-state index is 4.94. The van der Waals surface area contributed by atoms with Crippen LogP contribution in [0.15, 0.2) is 54.9 Å². The molecule has 0 aliphatic carbocycles. The fourth-order valence-corrected chi connectivity index (χ4v) is 4.13. The Hall–Kier alpha value is -2.88. The molecule has 1 aromatic heterocycles. The molecule has 0 radical (unpaired) electrons. The number of piperazine rings is 1. The van der Waals surface area contributed by atoms with E-state index in [9.17, 15) is 0 Å². The van der Waals surface area contributed by atoms with E-state index < -0.39 is 0 Å². The molecule has 1 saturated heterocycles. The van der Waals surface area contributed by atoms with Crippen LogP contribution in [0.25, 0.3) is 11.3 Å². The van der Waals surface area contributed by atoms with Crippen LogP contribution in [0.5, 0.6) is 0 Å². The molecule has 144 valence electrons. The fraction of sp³-hybridized carbons (Fsp3) is 0.333. The molecule has 0 N–H and O–H groups in total. The van der Waals surface area contributed by atoms with Crippen LogP contribution in [0, 0.1) is 20.8 Å². The van der Waals surface area contributed by atoms with Crippen LogP contribution in [0.1, 0.15) is 23.6 Å². The van der Waals surface area contributed by atoms with Crippen molar-refractivity contribution in [3.8, 4) is 11.3 Å². The van der Waals surface area contributed by atoms with Gasteiger partial charge >= 0.3 is 0 Å². The highest BCUT2D eigenvalue weighted by Crippen LogP contribution is 2.26. The largest absolute Gasteiger partial charge is 0.365 e. The molecular weight excluding hydrogens is 344 g/mol. The third-order valence-corrected chi connectivity index (χ3v) is 5.42. The van der Waals surface area contributed by atoms with Crippen molar-refractivity contribution in [1.29, 1.82) is 0 Å². The van der Waals surface area contributed by atoms with Gasteiger partial charge in [-0.2, -0.15) is 0 Å². The Kier molecular flexibility index (Phi) is 5.03. The Morgan fingerprint density at radius 1 is 0.893 bits per heavy atom. The molecule has 3 aromatic rings. The van der Waals surface area contributed by atoms with Gasteiger partial charge in [-0.15, -0.1) is 0 Å². The lowest BCUT2D eigenvalue weighted by Crippen LogP contribution is -2.52. The van der Waals surface area contributed by atoms with E-state index in [-0.39, 0.29) is 0 Å². The van der Waals surface area contributed by atoms with E-state index in [1.165, 1.54) is 22.4 Å². The summed E-state index contributed by atoms with van der Waals surface area (Å²) in [6.45, 7) is 11.6. The highest BCUT2D eigenvalue weighted by molar-refractivity contribution is 5.62. The first-order valence-electron chi connectivity index (χ1n) is 9.98. The summed E-state index contributed by atoms with van der Waals surface area (Å²) in [6.07, 6.45) is 3.76. The molecule has 2 heterocycles. The third-order valence-electron chi connectivity index (χ3n) is 5.42. The molecule has 4 heteroatoms. The zero-order chi connectivity index (χ0) is 19.7. The summed E-state index contributed by atoms with van der Waals surface area (Å²) in [7, 11) is 0. The van der Waals surface area contributed by atoms with Gasteiger partial charge in [0, 0.05) is 36.9 Å². The molecule has 1 unspecified atom stereocenters. The molecule has 0 saturated carbocycles. The first kappa shape index (κ1) is 18.5. The number of hydrogen-bond donors (Lipinski definition) is 0. The van der Waals surface area contributed by atoms with E-state index in [0.717, 1.165) is 36.7 Å². The van der Waals surface area contributed by atoms with Crippen LogP contribution >= 0.6 is 0 Å². The van der Waals surface area contributed by atoms with Gasteiger partial charge in [-0.25, -0.2) is 4.98 Å². The highest BCUT2D eigenvalue weighted by atomic mass is 15.3. The second-order valence-electron chi connectivity index (χ2n) is 7.97. The lowest BCUT2D eigenvalue weighted by Gasteiger charge is -2.41. The summed E-state index contributed by atoms with van der Waals surface area (Å²) < 4.78 is 0. The predicted molar refractivity (Wildman–Crippen MR) is 117 cm³/mol. The van der Waals surface area contributed by atoms with Crippen molar-refractivity contribution in [2.45, 2.75) is 33.7 Å². The van der Waals surface area contributed by atoms with Crippen LogP contribution in [0.4, 0.5) is 11.5 Å². The van der Waals surface area contributed by atoms with Gasteiger partial charge in [0.25, 0.3) is 0 Å². The lowest BCUT2D eigenvalue weighted by atomic mass is 10.1. The first-order chi connectivity index (χ1) is 13.5. The quantitative estimate of drug-likeness (QED) is 0.662. The Labute approximate surface area is 167 Å². The van der Waals surface area contributed by atoms with Gasteiger partial charge in [0.1, 0.15) is 5.82 Å². The third kappa shape index (κ3) is 3.86. The molecule has 4 nitrogen and oxygen atoms in total. The van der Waals surface area contributed by atoms with E-state index >= 15 is 0 Å². The van der Waals surface area contributed by atoms with Crippen molar-refractivity contribution in [3.63, 3.8) is 0 Å². The summed E-state index contributed by atoms with van der Waals surface area (Å²) in [6, 6.07) is 15.7. The van der Waals surface area contributed by atoms with Crippen LogP contribution in [-0.4, -0.2) is 35.6 Å². The van der Waals surface area contributed by atoms with Crippen LogP contribution in [0.2, 0.25) is 0 Å². The summed E-state index contributed by atoms with van der Waals surface area (Å²) >= 11 is 0. The van der Waals surface area contributed by atoms with Crippen molar-refractivity contribution >= 4 is 11.5 Å². The summed E-state index contributed by atoms with van der Waals surface area (Å²) in [5.41, 5.74) is 7.20. The number of aryl methyl sites for hydroxylation is 3. The van der Waals surface area contributed by atoms with Crippen LogP contribution in [0.3, 0.4) is 0 Å². The normalized spacial score (nSPS) is 17.1. The molecule has 0 amide bonds. The molecule has 28 heavy (non-hydrogen) atoms. The Morgan fingerprint density at radius 3 is 2.39 bits per heavy atom. The minimum absolute atomic E-state index is 0.419. The number of hydrogen-bond acceptors (Lipinski definition) is 4. The van der Waals surface area contributed by atoms with Crippen molar-refractivity contribution in [3.05, 3.63) is 71.5 Å². The van der Waals surface area contributed by atoms with Gasteiger partial charge < -0.3 is 9.80 Å². The maximum Gasteiger partial charge on any atom is 0.147 e. The Balaban J connectivity index is 1.54. The first-order valence-corrected chi connectivity index (χ1v) is 9.98.